The minimum atomic E-state index is -3.49. The van der Waals surface area contributed by atoms with Crippen LogP contribution in [0.3, 0.4) is 0 Å². The number of amides is 1. The van der Waals surface area contributed by atoms with E-state index in [1.807, 2.05) is 33.2 Å². The summed E-state index contributed by atoms with van der Waals surface area (Å²) in [5.41, 5.74) is 1.87. The molecule has 2 aromatic rings. The van der Waals surface area contributed by atoms with Gasteiger partial charge in [0.05, 0.1) is 17.1 Å². The van der Waals surface area contributed by atoms with Crippen LogP contribution in [-0.2, 0) is 21.9 Å². The van der Waals surface area contributed by atoms with Crippen molar-refractivity contribution in [3.05, 3.63) is 48.3 Å². The van der Waals surface area contributed by atoms with Gasteiger partial charge in [-0.2, -0.15) is 4.31 Å². The van der Waals surface area contributed by atoms with Gasteiger partial charge in [-0.15, -0.1) is 0 Å². The number of anilines is 1. The molecule has 29 heavy (non-hydrogen) atoms. The molecule has 1 aliphatic heterocycles. The Morgan fingerprint density at radius 1 is 1.21 bits per heavy atom. The van der Waals surface area contributed by atoms with Crippen molar-refractivity contribution in [2.24, 2.45) is 7.05 Å². The Morgan fingerprint density at radius 2 is 1.90 bits per heavy atom. The van der Waals surface area contributed by atoms with Crippen LogP contribution in [-0.4, -0.2) is 49.4 Å². The summed E-state index contributed by atoms with van der Waals surface area (Å²) in [6.45, 7) is 5.87. The zero-order valence-electron chi connectivity index (χ0n) is 17.4. The summed E-state index contributed by atoms with van der Waals surface area (Å²) in [4.78, 5) is 14.1. The number of nitrogens with zero attached hydrogens (tertiary/aromatic N) is 2. The highest BCUT2D eigenvalue weighted by atomic mass is 32.2. The number of aryl methyl sites for hydroxylation is 1. The molecule has 7 nitrogen and oxygen atoms in total. The van der Waals surface area contributed by atoms with Gasteiger partial charge < -0.3 is 14.8 Å². The van der Waals surface area contributed by atoms with Gasteiger partial charge in [0.25, 0.3) is 5.91 Å². The van der Waals surface area contributed by atoms with E-state index < -0.39 is 10.0 Å². The van der Waals surface area contributed by atoms with Crippen LogP contribution in [0.25, 0.3) is 0 Å². The Balaban J connectivity index is 1.63. The molecule has 2 heterocycles. The SMILES string of the molecule is CCN(CC)S(=O)(=O)c1ccc(NC(=O)C[NH+]2CCC[C@@H]2c2cccn2C)cc1. The topological polar surface area (TPSA) is 75.8 Å². The second kappa shape index (κ2) is 9.11. The summed E-state index contributed by atoms with van der Waals surface area (Å²) >= 11 is 0. The molecule has 2 N–H and O–H groups in total. The monoisotopic (exact) mass is 419 g/mol. The van der Waals surface area contributed by atoms with Crippen molar-refractivity contribution in [3.8, 4) is 0 Å². The molecule has 0 radical (unpaired) electrons. The first kappa shape index (κ1) is 21.5. The molecular formula is C21H31N4O3S+. The van der Waals surface area contributed by atoms with Crippen LogP contribution in [0.5, 0.6) is 0 Å². The normalized spacial score (nSPS) is 19.6. The Kier molecular flexibility index (Phi) is 6.77. The molecule has 1 fully saturated rings. The van der Waals surface area contributed by atoms with Crippen LogP contribution in [0.2, 0.25) is 0 Å². The lowest BCUT2D eigenvalue weighted by Gasteiger charge is -2.22. The zero-order chi connectivity index (χ0) is 21.0. The summed E-state index contributed by atoms with van der Waals surface area (Å²) in [5, 5.41) is 2.91. The highest BCUT2D eigenvalue weighted by Crippen LogP contribution is 2.20. The van der Waals surface area contributed by atoms with Crippen LogP contribution in [0, 0.1) is 0 Å². The molecule has 1 aliphatic rings. The van der Waals surface area contributed by atoms with Gasteiger partial charge in [-0.3, -0.25) is 4.79 Å². The Hall–Kier alpha value is -2.16. The predicted molar refractivity (Wildman–Crippen MR) is 113 cm³/mol. The molecule has 0 aliphatic carbocycles. The number of hydrogen-bond donors (Lipinski definition) is 2. The molecular weight excluding hydrogens is 388 g/mol. The Labute approximate surface area is 173 Å². The highest BCUT2D eigenvalue weighted by molar-refractivity contribution is 7.89. The molecule has 1 amide bonds. The average molecular weight is 420 g/mol. The van der Waals surface area contributed by atoms with Gasteiger partial charge in [-0.25, -0.2) is 8.42 Å². The number of likely N-dealkylation sites (tertiary alicyclic amines) is 1. The van der Waals surface area contributed by atoms with E-state index in [0.29, 0.717) is 31.4 Å². The molecule has 2 atom stereocenters. The standard InChI is InChI=1S/C21H30N4O3S/c1-4-25(5-2)29(27,28)18-12-10-17(11-13-18)22-21(26)16-24-15-7-9-20(24)19-8-6-14-23(19)3/h6,8,10-14,20H,4-5,7,9,15-16H2,1-3H3,(H,22,26)/p+1/t20-/m1/s1. The Morgan fingerprint density at radius 3 is 2.48 bits per heavy atom. The molecule has 3 rings (SSSR count). The maximum Gasteiger partial charge on any atom is 0.279 e. The first-order valence-corrected chi connectivity index (χ1v) is 11.7. The number of quaternary nitrogens is 1. The van der Waals surface area contributed by atoms with Crippen molar-refractivity contribution in [2.45, 2.75) is 37.6 Å². The van der Waals surface area contributed by atoms with Crippen LogP contribution in [0.1, 0.15) is 38.4 Å². The number of aromatic nitrogens is 1. The van der Waals surface area contributed by atoms with Gasteiger partial charge in [0.15, 0.2) is 6.54 Å². The van der Waals surface area contributed by atoms with Crippen LogP contribution in [0.4, 0.5) is 5.69 Å². The van der Waals surface area contributed by atoms with E-state index in [0.717, 1.165) is 19.4 Å². The quantitative estimate of drug-likeness (QED) is 0.679. The number of nitrogens with one attached hydrogen (secondary N) is 2. The average Bonchev–Trinajstić information content (AvgIpc) is 3.31. The van der Waals surface area contributed by atoms with Crippen molar-refractivity contribution in [3.63, 3.8) is 0 Å². The largest absolute Gasteiger partial charge is 0.350 e. The fraction of sp³-hybridized carbons (Fsp3) is 0.476. The third kappa shape index (κ3) is 4.71. The lowest BCUT2D eigenvalue weighted by atomic mass is 10.1. The summed E-state index contributed by atoms with van der Waals surface area (Å²) in [6.07, 6.45) is 4.23. The second-order valence-electron chi connectivity index (χ2n) is 7.49. The maximum atomic E-state index is 12.6. The molecule has 0 bridgehead atoms. The fourth-order valence-electron chi connectivity index (χ4n) is 4.15. The maximum absolute atomic E-state index is 12.6. The smallest absolute Gasteiger partial charge is 0.279 e. The van der Waals surface area contributed by atoms with Gasteiger partial charge in [-0.05, 0) is 36.4 Å². The second-order valence-corrected chi connectivity index (χ2v) is 9.42. The minimum absolute atomic E-state index is 0.0551. The van der Waals surface area contributed by atoms with Crippen LogP contribution >= 0.6 is 0 Å². The zero-order valence-corrected chi connectivity index (χ0v) is 18.2. The van der Waals surface area contributed by atoms with Gasteiger partial charge >= 0.3 is 0 Å². The van der Waals surface area contributed by atoms with E-state index in [1.54, 1.807) is 24.3 Å². The van der Waals surface area contributed by atoms with E-state index in [1.165, 1.54) is 14.9 Å². The van der Waals surface area contributed by atoms with E-state index in [-0.39, 0.29) is 10.8 Å². The first-order chi connectivity index (χ1) is 13.9. The number of rotatable bonds is 8. The molecule has 0 spiro atoms. The van der Waals surface area contributed by atoms with Crippen molar-refractivity contribution >= 4 is 21.6 Å². The predicted octanol–water partition coefficient (Wildman–Crippen LogP) is 1.41. The van der Waals surface area contributed by atoms with Crippen LogP contribution in [0.15, 0.2) is 47.5 Å². The molecule has 1 saturated heterocycles. The Bertz CT molecular complexity index is 933. The van der Waals surface area contributed by atoms with Gasteiger partial charge in [0.2, 0.25) is 10.0 Å². The number of hydrogen-bond acceptors (Lipinski definition) is 3. The summed E-state index contributed by atoms with van der Waals surface area (Å²) in [7, 11) is -1.45. The van der Waals surface area contributed by atoms with Crippen molar-refractivity contribution in [1.29, 1.82) is 0 Å². The van der Waals surface area contributed by atoms with E-state index in [4.69, 9.17) is 0 Å². The van der Waals surface area contributed by atoms with Gasteiger partial charge in [0.1, 0.15) is 6.04 Å². The lowest BCUT2D eigenvalue weighted by molar-refractivity contribution is -0.910. The number of carbonyl (C=O) groups is 1. The van der Waals surface area contributed by atoms with Crippen LogP contribution < -0.4 is 10.2 Å². The third-order valence-electron chi connectivity index (χ3n) is 5.69. The third-order valence-corrected chi connectivity index (χ3v) is 7.76. The first-order valence-electron chi connectivity index (χ1n) is 10.2. The highest BCUT2D eigenvalue weighted by Gasteiger charge is 2.33. The number of benzene rings is 1. The summed E-state index contributed by atoms with van der Waals surface area (Å²) in [5.74, 6) is -0.0551. The lowest BCUT2D eigenvalue weighted by Crippen LogP contribution is -3.11. The van der Waals surface area contributed by atoms with Crippen molar-refractivity contribution in [2.75, 3.05) is 31.5 Å². The minimum Gasteiger partial charge on any atom is -0.350 e. The molecule has 1 unspecified atom stereocenters. The van der Waals surface area contributed by atoms with Crippen molar-refractivity contribution in [1.82, 2.24) is 8.87 Å². The summed E-state index contributed by atoms with van der Waals surface area (Å²) in [6, 6.07) is 10.9. The molecule has 1 aromatic heterocycles. The fourth-order valence-corrected chi connectivity index (χ4v) is 5.61. The molecule has 1 aromatic carbocycles. The number of carbonyl (C=O) groups excluding carboxylic acids is 1. The number of sulfonamides is 1. The molecule has 158 valence electrons. The summed E-state index contributed by atoms with van der Waals surface area (Å²) < 4.78 is 28.7. The molecule has 0 saturated carbocycles. The van der Waals surface area contributed by atoms with Gasteiger partial charge in [-0.1, -0.05) is 13.8 Å². The van der Waals surface area contributed by atoms with E-state index in [9.17, 15) is 13.2 Å². The van der Waals surface area contributed by atoms with E-state index in [2.05, 4.69) is 16.0 Å². The molecule has 8 heteroatoms. The van der Waals surface area contributed by atoms with Gasteiger partial charge in [0, 0.05) is 44.9 Å². The van der Waals surface area contributed by atoms with Crippen molar-refractivity contribution < 1.29 is 18.1 Å². The van der Waals surface area contributed by atoms with E-state index >= 15 is 0 Å².